The van der Waals surface area contributed by atoms with Crippen LogP contribution in [0.5, 0.6) is 0 Å². The van der Waals surface area contributed by atoms with E-state index in [1.165, 1.54) is 0 Å². The summed E-state index contributed by atoms with van der Waals surface area (Å²) < 4.78 is 0. The molecule has 5 nitrogen and oxygen atoms in total. The number of nitrogens with zero attached hydrogens (tertiary/aromatic N) is 1. The molecule has 0 aliphatic carbocycles. The van der Waals surface area contributed by atoms with Crippen molar-refractivity contribution in [1.29, 1.82) is 0 Å². The average Bonchev–Trinajstić information content (AvgIpc) is 2.48. The van der Waals surface area contributed by atoms with Gasteiger partial charge in [0.2, 0.25) is 5.91 Å². The molecule has 1 aliphatic rings. The monoisotopic (exact) mass is 309 g/mol. The van der Waals surface area contributed by atoms with E-state index >= 15 is 0 Å². The van der Waals surface area contributed by atoms with Crippen LogP contribution in [0, 0.1) is 0 Å². The molecule has 1 saturated heterocycles. The summed E-state index contributed by atoms with van der Waals surface area (Å²) in [7, 11) is 0. The molecule has 1 aromatic rings. The van der Waals surface area contributed by atoms with Crippen LogP contribution >= 0.6 is 11.6 Å². The Morgan fingerprint density at radius 3 is 2.95 bits per heavy atom. The number of unbranched alkanes of at least 4 members (excludes halogenated alkanes) is 1. The number of nitrogens with one attached hydrogen (secondary N) is 2. The lowest BCUT2D eigenvalue weighted by Crippen LogP contribution is -2.58. The summed E-state index contributed by atoms with van der Waals surface area (Å²) in [6.07, 6.45) is 2.58. The van der Waals surface area contributed by atoms with Crippen molar-refractivity contribution in [3.63, 3.8) is 0 Å². The molecule has 0 bridgehead atoms. The zero-order valence-corrected chi connectivity index (χ0v) is 12.8. The molecule has 0 saturated carbocycles. The maximum absolute atomic E-state index is 12.4. The number of anilines is 1. The third-order valence-electron chi connectivity index (χ3n) is 3.54. The van der Waals surface area contributed by atoms with Crippen LogP contribution in [0.25, 0.3) is 0 Å². The summed E-state index contributed by atoms with van der Waals surface area (Å²) in [5, 5.41) is 6.08. The van der Waals surface area contributed by atoms with Crippen LogP contribution in [0.1, 0.15) is 26.2 Å². The first-order valence-electron chi connectivity index (χ1n) is 7.23. The van der Waals surface area contributed by atoms with E-state index in [2.05, 4.69) is 17.6 Å². The van der Waals surface area contributed by atoms with E-state index in [9.17, 15) is 9.59 Å². The van der Waals surface area contributed by atoms with Gasteiger partial charge in [-0.2, -0.15) is 0 Å². The zero-order chi connectivity index (χ0) is 15.2. The smallest absolute Gasteiger partial charge is 0.322 e. The minimum atomic E-state index is -0.402. The maximum atomic E-state index is 12.4. The van der Waals surface area contributed by atoms with Crippen molar-refractivity contribution in [3.05, 3.63) is 29.3 Å². The molecule has 21 heavy (non-hydrogen) atoms. The van der Waals surface area contributed by atoms with E-state index in [4.69, 9.17) is 11.6 Å². The van der Waals surface area contributed by atoms with Crippen LogP contribution in [-0.4, -0.2) is 36.0 Å². The summed E-state index contributed by atoms with van der Waals surface area (Å²) in [5.41, 5.74) is 0.560. The fourth-order valence-electron chi connectivity index (χ4n) is 2.39. The molecule has 0 unspecified atom stereocenters. The van der Waals surface area contributed by atoms with Crippen LogP contribution in [-0.2, 0) is 4.79 Å². The zero-order valence-electron chi connectivity index (χ0n) is 12.1. The molecule has 1 aliphatic heterocycles. The molecule has 114 valence electrons. The SMILES string of the molecule is CCCC[C@H]1C(=O)NCCN1C(=O)Nc1ccccc1Cl. The highest BCUT2D eigenvalue weighted by Gasteiger charge is 2.32. The molecule has 0 aromatic heterocycles. The summed E-state index contributed by atoms with van der Waals surface area (Å²) in [4.78, 5) is 26.0. The molecule has 6 heteroatoms. The molecule has 1 aromatic carbocycles. The first kappa shape index (κ1) is 15.6. The Morgan fingerprint density at radius 2 is 2.24 bits per heavy atom. The average molecular weight is 310 g/mol. The van der Waals surface area contributed by atoms with Crippen molar-refractivity contribution in [2.24, 2.45) is 0 Å². The van der Waals surface area contributed by atoms with Gasteiger partial charge in [0, 0.05) is 13.1 Å². The summed E-state index contributed by atoms with van der Waals surface area (Å²) in [6.45, 7) is 3.06. The number of hydrogen-bond acceptors (Lipinski definition) is 2. The minimum absolute atomic E-state index is 0.0796. The molecule has 0 radical (unpaired) electrons. The van der Waals surface area contributed by atoms with Gasteiger partial charge in [-0.15, -0.1) is 0 Å². The largest absolute Gasteiger partial charge is 0.353 e. The highest BCUT2D eigenvalue weighted by Crippen LogP contribution is 2.22. The highest BCUT2D eigenvalue weighted by molar-refractivity contribution is 6.33. The quantitative estimate of drug-likeness (QED) is 0.898. The van der Waals surface area contributed by atoms with Crippen molar-refractivity contribution in [1.82, 2.24) is 10.2 Å². The van der Waals surface area contributed by atoms with Gasteiger partial charge in [-0.3, -0.25) is 4.79 Å². The van der Waals surface area contributed by atoms with Crippen molar-refractivity contribution >= 4 is 29.2 Å². The van der Waals surface area contributed by atoms with Gasteiger partial charge < -0.3 is 15.5 Å². The second-order valence-electron chi connectivity index (χ2n) is 5.05. The van der Waals surface area contributed by atoms with Gasteiger partial charge in [-0.1, -0.05) is 43.5 Å². The Labute approximate surface area is 129 Å². The van der Waals surface area contributed by atoms with E-state index in [1.807, 2.05) is 0 Å². The minimum Gasteiger partial charge on any atom is -0.353 e. The standard InChI is InChI=1S/C15H20ClN3O2/c1-2-3-8-13-14(20)17-9-10-19(13)15(21)18-12-7-5-4-6-11(12)16/h4-7,13H,2-3,8-10H2,1H3,(H,17,20)(H,18,21)/t13-/m0/s1. The van der Waals surface area contributed by atoms with Crippen LogP contribution in [0.2, 0.25) is 5.02 Å². The number of hydrogen-bond donors (Lipinski definition) is 2. The third kappa shape index (κ3) is 3.88. The van der Waals surface area contributed by atoms with Crippen LogP contribution < -0.4 is 10.6 Å². The number of amides is 3. The molecular weight excluding hydrogens is 290 g/mol. The maximum Gasteiger partial charge on any atom is 0.322 e. The lowest BCUT2D eigenvalue weighted by molar-refractivity contribution is -0.127. The van der Waals surface area contributed by atoms with Gasteiger partial charge in [0.1, 0.15) is 6.04 Å². The third-order valence-corrected chi connectivity index (χ3v) is 3.87. The van der Waals surface area contributed by atoms with Crippen LogP contribution in [0.4, 0.5) is 10.5 Å². The summed E-state index contributed by atoms with van der Waals surface area (Å²) in [5.74, 6) is -0.0796. The first-order valence-corrected chi connectivity index (χ1v) is 7.61. The first-order chi connectivity index (χ1) is 10.1. The van der Waals surface area contributed by atoms with E-state index in [-0.39, 0.29) is 11.9 Å². The molecule has 0 spiro atoms. The van der Waals surface area contributed by atoms with E-state index in [0.29, 0.717) is 30.2 Å². The van der Waals surface area contributed by atoms with Gasteiger partial charge in [-0.25, -0.2) is 4.79 Å². The molecule has 2 N–H and O–H groups in total. The number of rotatable bonds is 4. The second kappa shape index (κ2) is 7.31. The van der Waals surface area contributed by atoms with E-state index < -0.39 is 6.04 Å². The van der Waals surface area contributed by atoms with E-state index in [0.717, 1.165) is 12.8 Å². The Bertz CT molecular complexity index is 521. The lowest BCUT2D eigenvalue weighted by atomic mass is 10.1. The van der Waals surface area contributed by atoms with Crippen molar-refractivity contribution < 1.29 is 9.59 Å². The normalized spacial score (nSPS) is 18.3. The van der Waals surface area contributed by atoms with Crippen LogP contribution in [0.3, 0.4) is 0 Å². The molecule has 1 fully saturated rings. The van der Waals surface area contributed by atoms with Crippen LogP contribution in [0.15, 0.2) is 24.3 Å². The topological polar surface area (TPSA) is 61.4 Å². The Hall–Kier alpha value is -1.75. The fraction of sp³-hybridized carbons (Fsp3) is 0.467. The number of carbonyl (C=O) groups is 2. The Morgan fingerprint density at radius 1 is 1.48 bits per heavy atom. The number of para-hydroxylation sites is 1. The second-order valence-corrected chi connectivity index (χ2v) is 5.46. The number of carbonyl (C=O) groups excluding carboxylic acids is 2. The predicted octanol–water partition coefficient (Wildman–Crippen LogP) is 2.86. The van der Waals surface area contributed by atoms with Crippen molar-refractivity contribution in [3.8, 4) is 0 Å². The molecule has 1 atom stereocenters. The van der Waals surface area contributed by atoms with Gasteiger partial charge in [0.15, 0.2) is 0 Å². The van der Waals surface area contributed by atoms with Crippen molar-refractivity contribution in [2.75, 3.05) is 18.4 Å². The molecule has 1 heterocycles. The highest BCUT2D eigenvalue weighted by atomic mass is 35.5. The molecular formula is C15H20ClN3O2. The Kier molecular flexibility index (Phi) is 5.44. The number of urea groups is 1. The van der Waals surface area contributed by atoms with Gasteiger partial charge in [0.25, 0.3) is 0 Å². The summed E-state index contributed by atoms with van der Waals surface area (Å²) in [6, 6.07) is 6.38. The van der Waals surface area contributed by atoms with E-state index in [1.54, 1.807) is 29.2 Å². The predicted molar refractivity (Wildman–Crippen MR) is 83.5 cm³/mol. The molecule has 2 rings (SSSR count). The van der Waals surface area contributed by atoms with Gasteiger partial charge in [-0.05, 0) is 18.6 Å². The molecule has 3 amide bonds. The van der Waals surface area contributed by atoms with Gasteiger partial charge in [0.05, 0.1) is 10.7 Å². The number of halogens is 1. The van der Waals surface area contributed by atoms with Gasteiger partial charge >= 0.3 is 6.03 Å². The summed E-state index contributed by atoms with van der Waals surface area (Å²) >= 11 is 6.04. The van der Waals surface area contributed by atoms with Crippen molar-refractivity contribution in [2.45, 2.75) is 32.2 Å². The Balaban J connectivity index is 2.08. The fourth-order valence-corrected chi connectivity index (χ4v) is 2.57. The number of piperazine rings is 1. The lowest BCUT2D eigenvalue weighted by Gasteiger charge is -2.35. The number of benzene rings is 1.